The number of ether oxygens (including phenoxy) is 1. The zero-order valence-corrected chi connectivity index (χ0v) is 18.0. The molecule has 0 unspecified atom stereocenters. The third kappa shape index (κ3) is 4.64. The molecule has 4 rings (SSSR count). The van der Waals surface area contributed by atoms with Crippen LogP contribution in [-0.2, 0) is 11.3 Å². The Bertz CT molecular complexity index is 990. The van der Waals surface area contributed by atoms with Crippen LogP contribution in [0.5, 0.6) is 5.75 Å². The third-order valence-corrected chi connectivity index (χ3v) is 6.30. The number of hydrogen-bond donors (Lipinski definition) is 0. The van der Waals surface area contributed by atoms with Crippen LogP contribution >= 0.6 is 11.8 Å². The lowest BCUT2D eigenvalue weighted by atomic mass is 10.1. The Morgan fingerprint density at radius 2 is 1.93 bits per heavy atom. The highest BCUT2D eigenvalue weighted by Crippen LogP contribution is 2.36. The number of aromatic nitrogens is 4. The molecule has 0 bridgehead atoms. The molecule has 0 radical (unpaired) electrons. The van der Waals surface area contributed by atoms with Gasteiger partial charge in [0, 0.05) is 12.6 Å². The van der Waals surface area contributed by atoms with Crippen LogP contribution in [0.1, 0.15) is 25.3 Å². The fourth-order valence-electron chi connectivity index (χ4n) is 3.51. The molecule has 1 heterocycles. The SMILES string of the molecule is COc1ccccc1-n1nnnc1SCC(=O)N(Cc1ccccc1)[C@@H](C)C1CC1. The van der Waals surface area contributed by atoms with Gasteiger partial charge in [0.25, 0.3) is 0 Å². The van der Waals surface area contributed by atoms with E-state index in [4.69, 9.17) is 4.74 Å². The van der Waals surface area contributed by atoms with Crippen molar-refractivity contribution in [3.63, 3.8) is 0 Å². The summed E-state index contributed by atoms with van der Waals surface area (Å²) in [5.41, 5.74) is 1.88. The first kappa shape index (κ1) is 20.4. The Morgan fingerprint density at radius 1 is 1.20 bits per heavy atom. The molecule has 1 saturated carbocycles. The van der Waals surface area contributed by atoms with Crippen LogP contribution in [0.15, 0.2) is 59.8 Å². The van der Waals surface area contributed by atoms with Crippen LogP contribution in [0.3, 0.4) is 0 Å². The summed E-state index contributed by atoms with van der Waals surface area (Å²) in [6, 6.07) is 17.9. The molecule has 3 aromatic rings. The van der Waals surface area contributed by atoms with E-state index in [1.54, 1.807) is 11.8 Å². The highest BCUT2D eigenvalue weighted by atomic mass is 32.2. The quantitative estimate of drug-likeness (QED) is 0.490. The van der Waals surface area contributed by atoms with Gasteiger partial charge in [-0.3, -0.25) is 4.79 Å². The average molecular weight is 424 g/mol. The molecular weight excluding hydrogens is 398 g/mol. The molecule has 8 heteroatoms. The summed E-state index contributed by atoms with van der Waals surface area (Å²) >= 11 is 1.34. The van der Waals surface area contributed by atoms with Crippen molar-refractivity contribution in [1.29, 1.82) is 0 Å². The minimum Gasteiger partial charge on any atom is -0.494 e. The van der Waals surface area contributed by atoms with Crippen LogP contribution in [0.4, 0.5) is 0 Å². The number of thioether (sulfide) groups is 1. The second-order valence-electron chi connectivity index (χ2n) is 7.42. The normalized spacial score (nSPS) is 14.3. The van der Waals surface area contributed by atoms with Crippen molar-refractivity contribution in [2.45, 2.75) is 37.5 Å². The molecule has 1 fully saturated rings. The van der Waals surface area contributed by atoms with E-state index in [0.717, 1.165) is 11.3 Å². The largest absolute Gasteiger partial charge is 0.494 e. The summed E-state index contributed by atoms with van der Waals surface area (Å²) in [7, 11) is 1.61. The summed E-state index contributed by atoms with van der Waals surface area (Å²) in [4.78, 5) is 15.2. The van der Waals surface area contributed by atoms with E-state index in [-0.39, 0.29) is 17.7 Å². The molecule has 0 N–H and O–H groups in total. The van der Waals surface area contributed by atoms with Gasteiger partial charge in [-0.2, -0.15) is 4.68 Å². The van der Waals surface area contributed by atoms with E-state index >= 15 is 0 Å². The maximum atomic E-state index is 13.2. The Balaban J connectivity index is 1.48. The second kappa shape index (κ2) is 9.30. The molecule has 1 aliphatic carbocycles. The predicted molar refractivity (Wildman–Crippen MR) is 116 cm³/mol. The fraction of sp³-hybridized carbons (Fsp3) is 0.364. The molecule has 1 aromatic heterocycles. The molecule has 0 spiro atoms. The molecule has 156 valence electrons. The fourth-order valence-corrected chi connectivity index (χ4v) is 4.28. The Hall–Kier alpha value is -2.87. The molecule has 1 amide bonds. The van der Waals surface area contributed by atoms with Crippen LogP contribution < -0.4 is 4.74 Å². The number of carbonyl (C=O) groups is 1. The van der Waals surface area contributed by atoms with E-state index in [1.807, 2.05) is 47.4 Å². The summed E-state index contributed by atoms with van der Waals surface area (Å²) in [5.74, 6) is 1.64. The lowest BCUT2D eigenvalue weighted by Crippen LogP contribution is -2.40. The monoisotopic (exact) mass is 423 g/mol. The summed E-state index contributed by atoms with van der Waals surface area (Å²) in [5, 5.41) is 12.6. The van der Waals surface area contributed by atoms with Crippen molar-refractivity contribution in [2.75, 3.05) is 12.9 Å². The van der Waals surface area contributed by atoms with E-state index in [0.29, 0.717) is 23.4 Å². The van der Waals surface area contributed by atoms with Gasteiger partial charge in [-0.25, -0.2) is 0 Å². The molecule has 1 aliphatic rings. The van der Waals surface area contributed by atoms with Crippen LogP contribution in [-0.4, -0.2) is 49.9 Å². The van der Waals surface area contributed by atoms with Gasteiger partial charge < -0.3 is 9.64 Å². The first-order valence-electron chi connectivity index (χ1n) is 10.1. The molecule has 30 heavy (non-hydrogen) atoms. The van der Waals surface area contributed by atoms with Crippen LogP contribution in [0.2, 0.25) is 0 Å². The van der Waals surface area contributed by atoms with Crippen LogP contribution in [0.25, 0.3) is 5.69 Å². The maximum absolute atomic E-state index is 13.2. The van der Waals surface area contributed by atoms with Crippen molar-refractivity contribution >= 4 is 17.7 Å². The van der Waals surface area contributed by atoms with Gasteiger partial charge in [-0.1, -0.05) is 54.2 Å². The molecule has 0 saturated heterocycles. The minimum atomic E-state index is 0.0952. The zero-order valence-electron chi connectivity index (χ0n) is 17.1. The number of tetrazole rings is 1. The van der Waals surface area contributed by atoms with Crippen molar-refractivity contribution in [3.05, 3.63) is 60.2 Å². The van der Waals surface area contributed by atoms with Crippen molar-refractivity contribution in [2.24, 2.45) is 5.92 Å². The van der Waals surface area contributed by atoms with Crippen molar-refractivity contribution < 1.29 is 9.53 Å². The number of rotatable bonds is 9. The highest BCUT2D eigenvalue weighted by molar-refractivity contribution is 7.99. The molecule has 0 aliphatic heterocycles. The number of hydrogen-bond acceptors (Lipinski definition) is 6. The topological polar surface area (TPSA) is 73.1 Å². The Kier molecular flexibility index (Phi) is 6.32. The average Bonchev–Trinajstić information content (AvgIpc) is 3.54. The van der Waals surface area contributed by atoms with Gasteiger partial charge in [0.05, 0.1) is 12.9 Å². The minimum absolute atomic E-state index is 0.0952. The molecular formula is C22H25N5O2S. The number of para-hydroxylation sites is 2. The summed E-state index contributed by atoms with van der Waals surface area (Å²) in [6.45, 7) is 2.78. The van der Waals surface area contributed by atoms with Crippen molar-refractivity contribution in [1.82, 2.24) is 25.1 Å². The Labute approximate surface area is 180 Å². The molecule has 1 atom stereocenters. The number of benzene rings is 2. The second-order valence-corrected chi connectivity index (χ2v) is 8.36. The van der Waals surface area contributed by atoms with E-state index < -0.39 is 0 Å². The van der Waals surface area contributed by atoms with Gasteiger partial charge in [0.15, 0.2) is 0 Å². The smallest absolute Gasteiger partial charge is 0.233 e. The van der Waals surface area contributed by atoms with Gasteiger partial charge >= 0.3 is 0 Å². The molecule has 2 aromatic carbocycles. The van der Waals surface area contributed by atoms with E-state index in [1.165, 1.54) is 24.6 Å². The first-order valence-corrected chi connectivity index (χ1v) is 11.0. The first-order chi connectivity index (χ1) is 14.7. The third-order valence-electron chi connectivity index (χ3n) is 5.39. The maximum Gasteiger partial charge on any atom is 0.233 e. The lowest BCUT2D eigenvalue weighted by Gasteiger charge is -2.29. The summed E-state index contributed by atoms with van der Waals surface area (Å²) < 4.78 is 7.03. The van der Waals surface area contributed by atoms with Crippen molar-refractivity contribution in [3.8, 4) is 11.4 Å². The van der Waals surface area contributed by atoms with Gasteiger partial charge in [0.1, 0.15) is 11.4 Å². The number of amides is 1. The Morgan fingerprint density at radius 3 is 2.67 bits per heavy atom. The lowest BCUT2D eigenvalue weighted by molar-refractivity contribution is -0.131. The zero-order chi connectivity index (χ0) is 20.9. The summed E-state index contributed by atoms with van der Waals surface area (Å²) in [6.07, 6.45) is 2.39. The van der Waals surface area contributed by atoms with Crippen LogP contribution in [0, 0.1) is 5.92 Å². The highest BCUT2D eigenvalue weighted by Gasteiger charge is 2.34. The standard InChI is InChI=1S/C22H25N5O2S/c1-16(18-12-13-18)26(14-17-8-4-3-5-9-17)21(28)15-30-22-23-24-25-27(22)19-10-6-7-11-20(19)29-2/h3-11,16,18H,12-15H2,1-2H3/t16-/m0/s1. The van der Waals surface area contributed by atoms with E-state index in [2.05, 4.69) is 34.6 Å². The number of carbonyl (C=O) groups excluding carboxylic acids is 1. The molecule has 7 nitrogen and oxygen atoms in total. The number of nitrogens with zero attached hydrogens (tertiary/aromatic N) is 5. The van der Waals surface area contributed by atoms with Gasteiger partial charge in [0.2, 0.25) is 11.1 Å². The predicted octanol–water partition coefficient (Wildman–Crippen LogP) is 3.59. The van der Waals surface area contributed by atoms with Gasteiger partial charge in [-0.05, 0) is 53.8 Å². The van der Waals surface area contributed by atoms with E-state index in [9.17, 15) is 4.79 Å². The van der Waals surface area contributed by atoms with Gasteiger partial charge in [-0.15, -0.1) is 5.10 Å². The number of methoxy groups -OCH3 is 1.